The van der Waals surface area contributed by atoms with Gasteiger partial charge in [-0.05, 0) is 32.4 Å². The smallest absolute Gasteiger partial charge is 0.254 e. The minimum Gasteiger partial charge on any atom is -0.305 e. The zero-order chi connectivity index (χ0) is 17.4. The molecule has 0 aliphatic carbocycles. The van der Waals surface area contributed by atoms with Crippen LogP contribution in [0.2, 0.25) is 0 Å². The third kappa shape index (κ3) is 3.25. The molecule has 7 heteroatoms. The highest BCUT2D eigenvalue weighted by Gasteiger charge is 2.22. The Morgan fingerprint density at radius 2 is 2.16 bits per heavy atom. The number of nitrogens with one attached hydrogen (secondary N) is 1. The summed E-state index contributed by atoms with van der Waals surface area (Å²) in [5, 5.41) is 1.09. The minimum absolute atomic E-state index is 0.0462. The molecular weight excluding hydrogens is 334 g/mol. The number of fused-ring (bicyclic) bond motifs is 1. The number of nitrogens with zero attached hydrogens (tertiary/aromatic N) is 4. The van der Waals surface area contributed by atoms with Crippen LogP contribution in [0.5, 0.6) is 0 Å². The van der Waals surface area contributed by atoms with Gasteiger partial charge in [-0.3, -0.25) is 14.7 Å². The van der Waals surface area contributed by atoms with Gasteiger partial charge in [-0.15, -0.1) is 11.3 Å². The Labute approximate surface area is 149 Å². The van der Waals surface area contributed by atoms with Crippen LogP contribution >= 0.6 is 11.3 Å². The van der Waals surface area contributed by atoms with Crippen molar-refractivity contribution in [3.8, 4) is 11.5 Å². The van der Waals surface area contributed by atoms with Crippen molar-refractivity contribution in [2.45, 2.75) is 33.4 Å². The minimum atomic E-state index is -0.0462. The summed E-state index contributed by atoms with van der Waals surface area (Å²) in [7, 11) is 0. The monoisotopic (exact) mass is 353 g/mol. The normalized spacial score (nSPS) is 14.5. The van der Waals surface area contributed by atoms with Gasteiger partial charge in [-0.1, -0.05) is 6.07 Å². The number of rotatable bonds is 3. The maximum atomic E-state index is 12.4. The highest BCUT2D eigenvalue weighted by Crippen LogP contribution is 2.23. The molecule has 128 valence electrons. The second-order valence-electron chi connectivity index (χ2n) is 6.26. The first-order valence-electron chi connectivity index (χ1n) is 8.29. The lowest BCUT2D eigenvalue weighted by molar-refractivity contribution is 0.242. The molecule has 4 heterocycles. The van der Waals surface area contributed by atoms with E-state index in [4.69, 9.17) is 4.98 Å². The fraction of sp³-hybridized carbons (Fsp3) is 0.333. The summed E-state index contributed by atoms with van der Waals surface area (Å²) in [6, 6.07) is 5.60. The van der Waals surface area contributed by atoms with Crippen molar-refractivity contribution >= 4 is 11.3 Å². The fourth-order valence-electron chi connectivity index (χ4n) is 3.18. The van der Waals surface area contributed by atoms with Crippen LogP contribution in [0.1, 0.15) is 26.8 Å². The van der Waals surface area contributed by atoms with Crippen molar-refractivity contribution in [1.82, 2.24) is 24.8 Å². The van der Waals surface area contributed by atoms with Crippen molar-refractivity contribution in [2.24, 2.45) is 0 Å². The van der Waals surface area contributed by atoms with Crippen molar-refractivity contribution in [3.05, 3.63) is 61.6 Å². The molecule has 3 aromatic heterocycles. The van der Waals surface area contributed by atoms with Crippen molar-refractivity contribution in [3.63, 3.8) is 0 Å². The lowest BCUT2D eigenvalue weighted by atomic mass is 10.1. The van der Waals surface area contributed by atoms with Crippen LogP contribution < -0.4 is 5.56 Å². The van der Waals surface area contributed by atoms with Gasteiger partial charge in [-0.2, -0.15) is 0 Å². The Hall–Kier alpha value is -2.38. The Kier molecular flexibility index (Phi) is 4.19. The van der Waals surface area contributed by atoms with Gasteiger partial charge < -0.3 is 4.98 Å². The Balaban J connectivity index is 1.62. The van der Waals surface area contributed by atoms with Gasteiger partial charge in [0, 0.05) is 36.3 Å². The van der Waals surface area contributed by atoms with Crippen LogP contribution in [0.15, 0.2) is 29.2 Å². The van der Waals surface area contributed by atoms with Crippen LogP contribution in [-0.2, 0) is 19.5 Å². The number of aromatic nitrogens is 4. The Bertz CT molecular complexity index is 963. The maximum Gasteiger partial charge on any atom is 0.254 e. The number of thiazole rings is 1. The van der Waals surface area contributed by atoms with E-state index < -0.39 is 0 Å². The topological polar surface area (TPSA) is 74.8 Å². The molecule has 0 fully saturated rings. The summed E-state index contributed by atoms with van der Waals surface area (Å²) in [6.07, 6.45) is 2.42. The van der Waals surface area contributed by atoms with E-state index in [1.165, 1.54) is 4.88 Å². The van der Waals surface area contributed by atoms with E-state index in [2.05, 4.69) is 26.8 Å². The molecule has 0 atom stereocenters. The summed E-state index contributed by atoms with van der Waals surface area (Å²) in [5.41, 5.74) is 3.40. The van der Waals surface area contributed by atoms with E-state index in [0.717, 1.165) is 41.5 Å². The molecule has 1 aliphatic heterocycles. The number of hydrogen-bond donors (Lipinski definition) is 1. The number of aromatic amines is 1. The van der Waals surface area contributed by atoms with Crippen LogP contribution in [0.4, 0.5) is 0 Å². The molecule has 0 radical (unpaired) electrons. The zero-order valence-corrected chi connectivity index (χ0v) is 15.1. The van der Waals surface area contributed by atoms with Crippen molar-refractivity contribution in [2.75, 3.05) is 6.54 Å². The average molecular weight is 353 g/mol. The predicted molar refractivity (Wildman–Crippen MR) is 97.5 cm³/mol. The van der Waals surface area contributed by atoms with Crippen LogP contribution in [0, 0.1) is 13.8 Å². The lowest BCUT2D eigenvalue weighted by Crippen LogP contribution is -2.35. The first-order chi connectivity index (χ1) is 12.1. The summed E-state index contributed by atoms with van der Waals surface area (Å²) in [6.45, 7) is 6.47. The van der Waals surface area contributed by atoms with Crippen molar-refractivity contribution < 1.29 is 0 Å². The van der Waals surface area contributed by atoms with E-state index in [-0.39, 0.29) is 5.56 Å². The molecule has 0 unspecified atom stereocenters. The lowest BCUT2D eigenvalue weighted by Gasteiger charge is -2.27. The van der Waals surface area contributed by atoms with Crippen LogP contribution in [0.25, 0.3) is 11.5 Å². The summed E-state index contributed by atoms with van der Waals surface area (Å²) < 4.78 is 0. The van der Waals surface area contributed by atoms with Gasteiger partial charge in [-0.25, -0.2) is 9.97 Å². The number of pyridine rings is 1. The SMILES string of the molecule is Cc1nc(C)c(CN2CCc3c(nc(-c4ccccn4)[nH]c3=O)C2)s1. The van der Waals surface area contributed by atoms with Crippen LogP contribution in [0.3, 0.4) is 0 Å². The van der Waals surface area contributed by atoms with Gasteiger partial charge in [0.05, 0.1) is 16.4 Å². The van der Waals surface area contributed by atoms with E-state index in [9.17, 15) is 4.79 Å². The van der Waals surface area contributed by atoms with E-state index in [1.807, 2.05) is 25.1 Å². The van der Waals surface area contributed by atoms with Gasteiger partial charge >= 0.3 is 0 Å². The second-order valence-corrected chi connectivity index (χ2v) is 7.54. The molecule has 3 aromatic rings. The van der Waals surface area contributed by atoms with Gasteiger partial charge in [0.2, 0.25) is 0 Å². The third-order valence-electron chi connectivity index (χ3n) is 4.43. The van der Waals surface area contributed by atoms with Crippen LogP contribution in [-0.4, -0.2) is 31.4 Å². The second kappa shape index (κ2) is 6.50. The molecule has 0 bridgehead atoms. The Morgan fingerprint density at radius 1 is 1.28 bits per heavy atom. The molecule has 6 nitrogen and oxygen atoms in total. The molecule has 0 saturated heterocycles. The number of H-pyrrole nitrogens is 1. The molecule has 25 heavy (non-hydrogen) atoms. The summed E-state index contributed by atoms with van der Waals surface area (Å²) in [4.78, 5) is 32.4. The van der Waals surface area contributed by atoms with Gasteiger partial charge in [0.15, 0.2) is 5.82 Å². The van der Waals surface area contributed by atoms with Gasteiger partial charge in [0.25, 0.3) is 5.56 Å². The van der Waals surface area contributed by atoms with E-state index in [1.54, 1.807) is 17.5 Å². The molecule has 0 spiro atoms. The quantitative estimate of drug-likeness (QED) is 0.783. The standard InChI is InChI=1S/C18H19N5OS/c1-11-16(25-12(2)20-11)10-23-8-6-13-15(9-23)21-17(22-18(13)24)14-5-3-4-7-19-14/h3-5,7H,6,8-10H2,1-2H3,(H,21,22,24). The molecule has 1 aliphatic rings. The van der Waals surface area contributed by atoms with E-state index >= 15 is 0 Å². The molecule has 0 amide bonds. The molecule has 1 N–H and O–H groups in total. The molecule has 4 rings (SSSR count). The zero-order valence-electron chi connectivity index (χ0n) is 14.2. The number of hydrogen-bond acceptors (Lipinski definition) is 6. The highest BCUT2D eigenvalue weighted by molar-refractivity contribution is 7.11. The first-order valence-corrected chi connectivity index (χ1v) is 9.10. The first kappa shape index (κ1) is 16.1. The van der Waals surface area contributed by atoms with Gasteiger partial charge in [0.1, 0.15) is 5.69 Å². The maximum absolute atomic E-state index is 12.4. The molecular formula is C18H19N5OS. The average Bonchev–Trinajstić information content (AvgIpc) is 2.92. The molecule has 0 saturated carbocycles. The molecule has 0 aromatic carbocycles. The fourth-order valence-corrected chi connectivity index (χ4v) is 4.16. The summed E-state index contributed by atoms with van der Waals surface area (Å²) >= 11 is 1.74. The highest BCUT2D eigenvalue weighted by atomic mass is 32.1. The number of aryl methyl sites for hydroxylation is 2. The van der Waals surface area contributed by atoms with Crippen molar-refractivity contribution in [1.29, 1.82) is 0 Å². The third-order valence-corrected chi connectivity index (χ3v) is 5.48. The summed E-state index contributed by atoms with van der Waals surface area (Å²) in [5.74, 6) is 0.538. The van der Waals surface area contributed by atoms with E-state index in [0.29, 0.717) is 18.1 Å². The predicted octanol–water partition coefficient (Wildman–Crippen LogP) is 2.46. The largest absolute Gasteiger partial charge is 0.305 e. The Morgan fingerprint density at radius 3 is 2.88 bits per heavy atom.